The Balaban J connectivity index is 1.86. The van der Waals surface area contributed by atoms with Crippen molar-refractivity contribution in [3.63, 3.8) is 0 Å². The molecule has 1 aliphatic heterocycles. The third-order valence-corrected chi connectivity index (χ3v) is 5.09. The molecule has 0 amide bonds. The first-order valence-corrected chi connectivity index (χ1v) is 9.27. The van der Waals surface area contributed by atoms with Gasteiger partial charge in [0.05, 0.1) is 11.8 Å². The molecule has 1 aliphatic rings. The lowest BCUT2D eigenvalue weighted by atomic mass is 9.87. The molecule has 0 aliphatic carbocycles. The Morgan fingerprint density at radius 3 is 2.96 bits per heavy atom. The van der Waals surface area contributed by atoms with Gasteiger partial charge in [-0.25, -0.2) is 0 Å². The number of H-pyrrole nitrogens is 1. The van der Waals surface area contributed by atoms with E-state index in [9.17, 15) is 5.11 Å². The first-order chi connectivity index (χ1) is 11.7. The molecule has 2 aromatic rings. The van der Waals surface area contributed by atoms with Crippen LogP contribution in [0.3, 0.4) is 0 Å². The van der Waals surface area contributed by atoms with E-state index in [1.807, 2.05) is 0 Å². The summed E-state index contributed by atoms with van der Waals surface area (Å²) in [6, 6.07) is 8.50. The van der Waals surface area contributed by atoms with Crippen LogP contribution in [-0.4, -0.2) is 35.9 Å². The predicted octanol–water partition coefficient (Wildman–Crippen LogP) is 3.49. The number of aromatic nitrogens is 1. The SMILES string of the molecule is CCCCNCC1Cc2c([nH]c3ccccc23)C(C)(CCCO)O1. The van der Waals surface area contributed by atoms with Crippen molar-refractivity contribution in [2.24, 2.45) is 0 Å². The van der Waals surface area contributed by atoms with Gasteiger partial charge in [-0.1, -0.05) is 31.5 Å². The molecule has 0 bridgehead atoms. The zero-order valence-corrected chi connectivity index (χ0v) is 14.9. The number of unbranched alkanes of at least 4 members (excludes halogenated alkanes) is 1. The number of hydrogen-bond acceptors (Lipinski definition) is 3. The van der Waals surface area contributed by atoms with Crippen molar-refractivity contribution in [3.8, 4) is 0 Å². The van der Waals surface area contributed by atoms with E-state index in [2.05, 4.69) is 48.4 Å². The number of fused-ring (bicyclic) bond motifs is 3. The molecule has 0 radical (unpaired) electrons. The second-order valence-electron chi connectivity index (χ2n) is 7.08. The minimum absolute atomic E-state index is 0.178. The van der Waals surface area contributed by atoms with E-state index in [-0.39, 0.29) is 18.3 Å². The van der Waals surface area contributed by atoms with Crippen molar-refractivity contribution in [3.05, 3.63) is 35.5 Å². The van der Waals surface area contributed by atoms with E-state index < -0.39 is 0 Å². The number of aromatic amines is 1. The molecule has 2 heterocycles. The van der Waals surface area contributed by atoms with Gasteiger partial charge in [0, 0.05) is 30.5 Å². The second-order valence-corrected chi connectivity index (χ2v) is 7.08. The molecule has 132 valence electrons. The third-order valence-electron chi connectivity index (χ3n) is 5.09. The van der Waals surface area contributed by atoms with Crippen LogP contribution in [-0.2, 0) is 16.8 Å². The van der Waals surface area contributed by atoms with Crippen LogP contribution in [0.5, 0.6) is 0 Å². The quantitative estimate of drug-likeness (QED) is 0.650. The summed E-state index contributed by atoms with van der Waals surface area (Å²) < 4.78 is 6.51. The van der Waals surface area contributed by atoms with Crippen LogP contribution in [0.25, 0.3) is 10.9 Å². The maximum Gasteiger partial charge on any atom is 0.106 e. The topological polar surface area (TPSA) is 57.3 Å². The van der Waals surface area contributed by atoms with Crippen LogP contribution in [0.2, 0.25) is 0 Å². The van der Waals surface area contributed by atoms with Gasteiger partial charge in [-0.2, -0.15) is 0 Å². The number of ether oxygens (including phenoxy) is 1. The summed E-state index contributed by atoms with van der Waals surface area (Å²) in [6.07, 6.45) is 5.10. The number of aliphatic hydroxyl groups is 1. The van der Waals surface area contributed by atoms with Crippen LogP contribution in [0, 0.1) is 0 Å². The number of benzene rings is 1. The minimum Gasteiger partial charge on any atom is -0.396 e. The van der Waals surface area contributed by atoms with Crippen LogP contribution < -0.4 is 5.32 Å². The summed E-state index contributed by atoms with van der Waals surface area (Å²) in [5, 5.41) is 14.1. The molecule has 1 aromatic heterocycles. The summed E-state index contributed by atoms with van der Waals surface area (Å²) >= 11 is 0. The molecular formula is C20H30N2O2. The minimum atomic E-state index is -0.355. The molecule has 3 N–H and O–H groups in total. The molecular weight excluding hydrogens is 300 g/mol. The highest BCUT2D eigenvalue weighted by atomic mass is 16.5. The van der Waals surface area contributed by atoms with Gasteiger partial charge in [-0.05, 0) is 44.4 Å². The molecule has 0 spiro atoms. The number of aliphatic hydroxyl groups excluding tert-OH is 1. The van der Waals surface area contributed by atoms with Gasteiger partial charge in [-0.3, -0.25) is 0 Å². The van der Waals surface area contributed by atoms with Crippen LogP contribution in [0.4, 0.5) is 0 Å². The average molecular weight is 330 g/mol. The van der Waals surface area contributed by atoms with Gasteiger partial charge in [0.25, 0.3) is 0 Å². The summed E-state index contributed by atoms with van der Waals surface area (Å²) in [6.45, 7) is 6.50. The first-order valence-electron chi connectivity index (χ1n) is 9.27. The summed E-state index contributed by atoms with van der Waals surface area (Å²) in [7, 11) is 0. The Labute approximate surface area is 144 Å². The average Bonchev–Trinajstić information content (AvgIpc) is 2.97. The van der Waals surface area contributed by atoms with Crippen LogP contribution in [0.15, 0.2) is 24.3 Å². The number of para-hydroxylation sites is 1. The van der Waals surface area contributed by atoms with E-state index in [0.717, 1.165) is 32.4 Å². The molecule has 2 unspecified atom stereocenters. The summed E-state index contributed by atoms with van der Waals surface area (Å²) in [5.74, 6) is 0. The Hall–Kier alpha value is -1.36. The lowest BCUT2D eigenvalue weighted by Gasteiger charge is -2.39. The van der Waals surface area contributed by atoms with Gasteiger partial charge in [0.15, 0.2) is 0 Å². The fraction of sp³-hybridized carbons (Fsp3) is 0.600. The van der Waals surface area contributed by atoms with Gasteiger partial charge in [0.1, 0.15) is 5.60 Å². The lowest BCUT2D eigenvalue weighted by Crippen LogP contribution is -2.43. The molecule has 0 saturated carbocycles. The molecule has 0 saturated heterocycles. The van der Waals surface area contributed by atoms with E-state index in [1.165, 1.54) is 35.0 Å². The van der Waals surface area contributed by atoms with Crippen molar-refractivity contribution in [1.29, 1.82) is 0 Å². The van der Waals surface area contributed by atoms with Gasteiger partial charge < -0.3 is 20.1 Å². The Morgan fingerprint density at radius 2 is 2.17 bits per heavy atom. The number of nitrogens with one attached hydrogen (secondary N) is 2. The van der Waals surface area contributed by atoms with Gasteiger partial charge >= 0.3 is 0 Å². The van der Waals surface area contributed by atoms with Crippen molar-refractivity contribution in [1.82, 2.24) is 10.3 Å². The maximum atomic E-state index is 9.29. The highest BCUT2D eigenvalue weighted by molar-refractivity contribution is 5.85. The molecule has 1 aromatic carbocycles. The first kappa shape index (κ1) is 17.5. The third kappa shape index (κ3) is 3.51. The fourth-order valence-corrected chi connectivity index (χ4v) is 3.84. The monoisotopic (exact) mass is 330 g/mol. The Bertz CT molecular complexity index is 667. The Morgan fingerprint density at radius 1 is 1.33 bits per heavy atom. The van der Waals surface area contributed by atoms with E-state index in [1.54, 1.807) is 0 Å². The molecule has 3 rings (SSSR count). The highest BCUT2D eigenvalue weighted by Gasteiger charge is 2.39. The van der Waals surface area contributed by atoms with Gasteiger partial charge in [-0.15, -0.1) is 0 Å². The van der Waals surface area contributed by atoms with Crippen molar-refractivity contribution in [2.75, 3.05) is 19.7 Å². The second kappa shape index (κ2) is 7.68. The molecule has 4 nitrogen and oxygen atoms in total. The molecule has 24 heavy (non-hydrogen) atoms. The van der Waals surface area contributed by atoms with Crippen LogP contribution >= 0.6 is 0 Å². The zero-order chi connectivity index (χ0) is 17.0. The maximum absolute atomic E-state index is 9.29. The number of hydrogen-bond donors (Lipinski definition) is 3. The number of rotatable bonds is 8. The smallest absolute Gasteiger partial charge is 0.106 e. The van der Waals surface area contributed by atoms with Gasteiger partial charge in [0.2, 0.25) is 0 Å². The summed E-state index contributed by atoms with van der Waals surface area (Å²) in [5.41, 5.74) is 3.41. The molecule has 4 heteroatoms. The van der Waals surface area contributed by atoms with E-state index in [0.29, 0.717) is 0 Å². The standard InChI is InChI=1S/C20H30N2O2/c1-3-4-11-21-14-15-13-17-16-8-5-6-9-18(16)22-19(17)20(2,24-15)10-7-12-23/h5-6,8-9,15,21-23H,3-4,7,10-14H2,1-2H3. The van der Waals surface area contributed by atoms with E-state index >= 15 is 0 Å². The fourth-order valence-electron chi connectivity index (χ4n) is 3.84. The predicted molar refractivity (Wildman–Crippen MR) is 98.3 cm³/mol. The normalized spacial score (nSPS) is 23.5. The Kier molecular flexibility index (Phi) is 5.59. The molecule has 0 fully saturated rings. The van der Waals surface area contributed by atoms with E-state index in [4.69, 9.17) is 4.74 Å². The zero-order valence-electron chi connectivity index (χ0n) is 14.9. The van der Waals surface area contributed by atoms with Crippen molar-refractivity contribution < 1.29 is 9.84 Å². The largest absolute Gasteiger partial charge is 0.396 e. The van der Waals surface area contributed by atoms with Crippen molar-refractivity contribution in [2.45, 2.75) is 57.7 Å². The van der Waals surface area contributed by atoms with Crippen LogP contribution in [0.1, 0.15) is 50.8 Å². The lowest BCUT2D eigenvalue weighted by molar-refractivity contribution is -0.107. The summed E-state index contributed by atoms with van der Waals surface area (Å²) in [4.78, 5) is 3.59. The van der Waals surface area contributed by atoms with Crippen molar-refractivity contribution >= 4 is 10.9 Å². The molecule has 2 atom stereocenters. The highest BCUT2D eigenvalue weighted by Crippen LogP contribution is 2.41.